The summed E-state index contributed by atoms with van der Waals surface area (Å²) < 4.78 is 13.7. The van der Waals surface area contributed by atoms with E-state index in [2.05, 4.69) is 15.3 Å². The molecule has 7 nitrogen and oxygen atoms in total. The molecule has 0 fully saturated rings. The minimum atomic E-state index is -0.995. The van der Waals surface area contributed by atoms with Crippen LogP contribution in [0.4, 0.5) is 20.6 Å². The van der Waals surface area contributed by atoms with E-state index in [1.165, 1.54) is 24.3 Å². The van der Waals surface area contributed by atoms with Gasteiger partial charge in [-0.1, -0.05) is 17.7 Å². The van der Waals surface area contributed by atoms with E-state index >= 15 is 0 Å². The number of primary amides is 1. The Morgan fingerprint density at radius 1 is 1.20 bits per heavy atom. The normalized spacial score (nSPS) is 11.1. The molecule has 0 bridgehead atoms. The van der Waals surface area contributed by atoms with Gasteiger partial charge >= 0.3 is 6.03 Å². The van der Waals surface area contributed by atoms with Gasteiger partial charge in [0, 0.05) is 10.6 Å². The van der Waals surface area contributed by atoms with Gasteiger partial charge in [-0.25, -0.2) is 9.18 Å². The maximum Gasteiger partial charge on any atom is 0.342 e. The van der Waals surface area contributed by atoms with Gasteiger partial charge in [-0.3, -0.25) is 0 Å². The molecular formula is C16H11ClFN5O2. The molecule has 0 aliphatic carbocycles. The zero-order chi connectivity index (χ0) is 18.0. The minimum Gasteiger partial charge on any atom is -0.491 e. The number of rotatable bonds is 3. The zero-order valence-corrected chi connectivity index (χ0v) is 13.4. The van der Waals surface area contributed by atoms with E-state index in [4.69, 9.17) is 17.3 Å². The number of nitrogens with two attached hydrogens (primary N) is 1. The standard InChI is InChI=1S/C16H11ClFN5O2/c17-10-2-1-3-12(8-10)20-21-14-13(9-4-6-11(18)7-5-9)22-23(15(14)24)16(19)25/h1-8,24H,(H2,19,25)/b21-20+. The van der Waals surface area contributed by atoms with Crippen LogP contribution in [0.2, 0.25) is 5.02 Å². The smallest absolute Gasteiger partial charge is 0.342 e. The molecule has 3 rings (SSSR count). The lowest BCUT2D eigenvalue weighted by atomic mass is 10.1. The molecule has 1 amide bonds. The van der Waals surface area contributed by atoms with Crippen molar-refractivity contribution in [3.05, 3.63) is 59.4 Å². The number of carbonyl (C=O) groups is 1. The number of amides is 1. The van der Waals surface area contributed by atoms with Crippen LogP contribution in [0.1, 0.15) is 0 Å². The van der Waals surface area contributed by atoms with Crippen LogP contribution in [0.3, 0.4) is 0 Å². The lowest BCUT2D eigenvalue weighted by molar-refractivity contribution is 0.244. The van der Waals surface area contributed by atoms with Crippen LogP contribution in [0, 0.1) is 5.82 Å². The Balaban J connectivity index is 2.10. The topological polar surface area (TPSA) is 106 Å². The van der Waals surface area contributed by atoms with Crippen LogP contribution >= 0.6 is 11.6 Å². The second-order valence-electron chi connectivity index (χ2n) is 4.96. The molecule has 0 unspecified atom stereocenters. The van der Waals surface area contributed by atoms with Gasteiger partial charge in [0.1, 0.15) is 11.5 Å². The van der Waals surface area contributed by atoms with Crippen molar-refractivity contribution in [2.24, 2.45) is 16.0 Å². The van der Waals surface area contributed by atoms with Crippen LogP contribution in [0.25, 0.3) is 11.3 Å². The van der Waals surface area contributed by atoms with Crippen LogP contribution in [0.5, 0.6) is 5.88 Å². The van der Waals surface area contributed by atoms with Crippen molar-refractivity contribution in [1.29, 1.82) is 0 Å². The van der Waals surface area contributed by atoms with Gasteiger partial charge in [0.15, 0.2) is 5.69 Å². The average Bonchev–Trinajstić information content (AvgIpc) is 2.91. The van der Waals surface area contributed by atoms with Gasteiger partial charge in [-0.05, 0) is 42.5 Å². The molecule has 0 saturated carbocycles. The van der Waals surface area contributed by atoms with E-state index in [0.717, 1.165) is 0 Å². The van der Waals surface area contributed by atoms with Gasteiger partial charge in [0.05, 0.1) is 5.69 Å². The second kappa shape index (κ2) is 6.70. The molecule has 9 heteroatoms. The van der Waals surface area contributed by atoms with Crippen molar-refractivity contribution in [2.45, 2.75) is 0 Å². The number of azo groups is 1. The van der Waals surface area contributed by atoms with E-state index in [-0.39, 0.29) is 11.4 Å². The van der Waals surface area contributed by atoms with Crippen molar-refractivity contribution in [3.63, 3.8) is 0 Å². The van der Waals surface area contributed by atoms with Crippen molar-refractivity contribution in [2.75, 3.05) is 0 Å². The van der Waals surface area contributed by atoms with Crippen LogP contribution in [0.15, 0.2) is 58.8 Å². The van der Waals surface area contributed by atoms with Gasteiger partial charge in [-0.2, -0.15) is 10.2 Å². The van der Waals surface area contributed by atoms with E-state index in [9.17, 15) is 14.3 Å². The van der Waals surface area contributed by atoms with E-state index in [1.807, 2.05) is 0 Å². The molecule has 1 heterocycles. The van der Waals surface area contributed by atoms with Gasteiger partial charge in [0.25, 0.3) is 0 Å². The number of aromatic hydroxyl groups is 1. The van der Waals surface area contributed by atoms with Crippen LogP contribution < -0.4 is 5.73 Å². The van der Waals surface area contributed by atoms with E-state index in [1.54, 1.807) is 24.3 Å². The summed E-state index contributed by atoms with van der Waals surface area (Å²) in [6.07, 6.45) is 0. The number of benzene rings is 2. The predicted octanol–water partition coefficient (Wildman–Crippen LogP) is 4.39. The first kappa shape index (κ1) is 16.6. The summed E-state index contributed by atoms with van der Waals surface area (Å²) in [6.45, 7) is 0. The summed E-state index contributed by atoms with van der Waals surface area (Å²) >= 11 is 5.88. The largest absolute Gasteiger partial charge is 0.491 e. The molecule has 2 aromatic carbocycles. The predicted molar refractivity (Wildman–Crippen MR) is 89.9 cm³/mol. The second-order valence-corrected chi connectivity index (χ2v) is 5.39. The number of nitrogens with zero attached hydrogens (tertiary/aromatic N) is 4. The Hall–Kier alpha value is -3.26. The fourth-order valence-electron chi connectivity index (χ4n) is 2.09. The number of hydrogen-bond acceptors (Lipinski definition) is 5. The molecule has 25 heavy (non-hydrogen) atoms. The third-order valence-corrected chi connectivity index (χ3v) is 3.47. The molecule has 3 aromatic rings. The average molecular weight is 360 g/mol. The lowest BCUT2D eigenvalue weighted by Crippen LogP contribution is -2.20. The first-order valence-electron chi connectivity index (χ1n) is 7.01. The number of carbonyl (C=O) groups excluding carboxylic acids is 1. The first-order chi connectivity index (χ1) is 12.0. The highest BCUT2D eigenvalue weighted by molar-refractivity contribution is 6.30. The van der Waals surface area contributed by atoms with E-state index < -0.39 is 17.7 Å². The monoisotopic (exact) mass is 359 g/mol. The quantitative estimate of drug-likeness (QED) is 0.677. The number of aromatic nitrogens is 2. The van der Waals surface area contributed by atoms with Crippen molar-refractivity contribution < 1.29 is 14.3 Å². The third-order valence-electron chi connectivity index (χ3n) is 3.24. The molecule has 0 spiro atoms. The summed E-state index contributed by atoms with van der Waals surface area (Å²) in [5, 5.41) is 22.5. The molecule has 0 radical (unpaired) electrons. The Morgan fingerprint density at radius 3 is 2.56 bits per heavy atom. The summed E-state index contributed by atoms with van der Waals surface area (Å²) in [5.74, 6) is -1.01. The Labute approximate surface area is 146 Å². The van der Waals surface area contributed by atoms with Gasteiger partial charge in [0.2, 0.25) is 5.88 Å². The van der Waals surface area contributed by atoms with Crippen molar-refractivity contribution >= 4 is 29.0 Å². The molecule has 0 atom stereocenters. The van der Waals surface area contributed by atoms with Crippen LogP contribution in [-0.4, -0.2) is 20.9 Å². The molecule has 126 valence electrons. The Morgan fingerprint density at radius 2 is 1.92 bits per heavy atom. The summed E-state index contributed by atoms with van der Waals surface area (Å²) in [5.41, 5.74) is 6.09. The zero-order valence-electron chi connectivity index (χ0n) is 12.6. The molecule has 0 aliphatic rings. The fourth-order valence-corrected chi connectivity index (χ4v) is 2.28. The van der Waals surface area contributed by atoms with E-state index in [0.29, 0.717) is 21.0 Å². The Kier molecular flexibility index (Phi) is 4.44. The highest BCUT2D eigenvalue weighted by Crippen LogP contribution is 2.38. The summed E-state index contributed by atoms with van der Waals surface area (Å²) in [7, 11) is 0. The molecule has 1 aromatic heterocycles. The van der Waals surface area contributed by atoms with Crippen molar-refractivity contribution in [1.82, 2.24) is 9.78 Å². The Bertz CT molecular complexity index is 969. The molecular weight excluding hydrogens is 349 g/mol. The van der Waals surface area contributed by atoms with Gasteiger partial charge < -0.3 is 10.8 Å². The molecule has 3 N–H and O–H groups in total. The third kappa shape index (κ3) is 3.48. The molecule has 0 aliphatic heterocycles. The highest BCUT2D eigenvalue weighted by atomic mass is 35.5. The summed E-state index contributed by atoms with van der Waals surface area (Å²) in [6, 6.07) is 10.9. The fraction of sp³-hybridized carbons (Fsp3) is 0. The number of hydrogen-bond donors (Lipinski definition) is 2. The number of halogens is 2. The van der Waals surface area contributed by atoms with Crippen molar-refractivity contribution in [3.8, 4) is 17.1 Å². The van der Waals surface area contributed by atoms with Crippen LogP contribution in [-0.2, 0) is 0 Å². The van der Waals surface area contributed by atoms with Gasteiger partial charge in [-0.15, -0.1) is 9.80 Å². The maximum atomic E-state index is 13.1. The maximum absolute atomic E-state index is 13.1. The summed E-state index contributed by atoms with van der Waals surface area (Å²) in [4.78, 5) is 11.4. The first-order valence-corrected chi connectivity index (χ1v) is 7.38. The highest BCUT2D eigenvalue weighted by Gasteiger charge is 2.21. The minimum absolute atomic E-state index is 0.0783. The lowest BCUT2D eigenvalue weighted by Gasteiger charge is -1.98. The SMILES string of the molecule is NC(=O)n1nc(-c2ccc(F)cc2)c(/N=N/c2cccc(Cl)c2)c1O. The molecule has 0 saturated heterocycles.